The van der Waals surface area contributed by atoms with E-state index in [1.54, 1.807) is 11.3 Å². The molecule has 1 atom stereocenters. The molecular weight excluding hydrogens is 414 g/mol. The van der Waals surface area contributed by atoms with Crippen molar-refractivity contribution in [3.63, 3.8) is 0 Å². The van der Waals surface area contributed by atoms with Gasteiger partial charge in [-0.25, -0.2) is 14.8 Å². The van der Waals surface area contributed by atoms with E-state index < -0.39 is 6.09 Å². The fraction of sp³-hybridized carbons (Fsp3) is 0.318. The first-order chi connectivity index (χ1) is 15.2. The van der Waals surface area contributed by atoms with Crippen molar-refractivity contribution in [3.8, 4) is 5.75 Å². The Balaban J connectivity index is 1.21. The Labute approximate surface area is 183 Å². The van der Waals surface area contributed by atoms with Crippen molar-refractivity contribution in [2.75, 3.05) is 23.7 Å². The Kier molecular flexibility index (Phi) is 5.33. The molecule has 1 saturated heterocycles. The lowest BCUT2D eigenvalue weighted by molar-refractivity contribution is 0.132. The van der Waals surface area contributed by atoms with Crippen LogP contribution in [-0.2, 0) is 6.61 Å². The molecule has 0 saturated carbocycles. The van der Waals surface area contributed by atoms with Gasteiger partial charge in [0.1, 0.15) is 23.5 Å². The fourth-order valence-corrected chi connectivity index (χ4v) is 4.73. The lowest BCUT2D eigenvalue weighted by Gasteiger charge is -2.30. The summed E-state index contributed by atoms with van der Waals surface area (Å²) in [6, 6.07) is 11.8. The highest BCUT2D eigenvalue weighted by molar-refractivity contribution is 7.09. The maximum Gasteiger partial charge on any atom is 0.407 e. The number of nitrogens with one attached hydrogen (secondary N) is 2. The highest BCUT2D eigenvalue weighted by Gasteiger charge is 2.28. The molecule has 0 aliphatic carbocycles. The summed E-state index contributed by atoms with van der Waals surface area (Å²) in [7, 11) is 0. The number of para-hydroxylation sites is 1. The Morgan fingerprint density at radius 1 is 1.23 bits per heavy atom. The van der Waals surface area contributed by atoms with Gasteiger partial charge in [-0.2, -0.15) is 0 Å². The van der Waals surface area contributed by atoms with E-state index in [-0.39, 0.29) is 6.17 Å². The van der Waals surface area contributed by atoms with Gasteiger partial charge in [0.15, 0.2) is 5.82 Å². The third kappa shape index (κ3) is 4.27. The van der Waals surface area contributed by atoms with Gasteiger partial charge < -0.3 is 25.4 Å². The molecule has 0 bridgehead atoms. The number of anilines is 2. The van der Waals surface area contributed by atoms with E-state index in [0.29, 0.717) is 25.6 Å². The Morgan fingerprint density at radius 3 is 2.81 bits per heavy atom. The summed E-state index contributed by atoms with van der Waals surface area (Å²) in [6.07, 6.45) is 2.57. The summed E-state index contributed by atoms with van der Waals surface area (Å²) < 4.78 is 5.79. The van der Waals surface area contributed by atoms with Crippen molar-refractivity contribution in [2.45, 2.75) is 31.5 Å². The molecule has 2 aliphatic heterocycles. The van der Waals surface area contributed by atoms with E-state index in [2.05, 4.69) is 21.7 Å². The van der Waals surface area contributed by atoms with E-state index in [1.165, 1.54) is 4.90 Å². The van der Waals surface area contributed by atoms with Crippen LogP contribution in [0.15, 0.2) is 48.0 Å². The topological polar surface area (TPSA) is 99.6 Å². The third-order valence-corrected chi connectivity index (χ3v) is 6.54. The van der Waals surface area contributed by atoms with Gasteiger partial charge in [-0.15, -0.1) is 11.3 Å². The second-order valence-electron chi connectivity index (χ2n) is 7.70. The largest absolute Gasteiger partial charge is 0.486 e. The van der Waals surface area contributed by atoms with E-state index in [0.717, 1.165) is 46.4 Å². The molecule has 3 aromatic rings. The van der Waals surface area contributed by atoms with Crippen LogP contribution in [0.4, 0.5) is 16.3 Å². The van der Waals surface area contributed by atoms with E-state index >= 15 is 0 Å². The number of carboxylic acid groups (broad SMARTS) is 1. The predicted molar refractivity (Wildman–Crippen MR) is 119 cm³/mol. The standard InChI is InChI=1S/C22H23N5O3S/c28-22(29)27-8-6-14(7-9-27)15-10-17-20(23-11-15)26-21(25-17)18-13-31-19(24-18)12-30-16-4-2-1-3-5-16/h1-5,10-11,13-14,21,25H,6-9,12H2,(H,23,26)(H,28,29). The first kappa shape index (κ1) is 19.6. The van der Waals surface area contributed by atoms with Crippen molar-refractivity contribution in [3.05, 3.63) is 64.2 Å². The number of likely N-dealkylation sites (tertiary alicyclic amines) is 1. The van der Waals surface area contributed by atoms with Crippen molar-refractivity contribution >= 4 is 28.9 Å². The first-order valence-corrected chi connectivity index (χ1v) is 11.2. The quantitative estimate of drug-likeness (QED) is 0.540. The van der Waals surface area contributed by atoms with Crippen LogP contribution in [0.1, 0.15) is 41.2 Å². The fourth-order valence-electron chi connectivity index (χ4n) is 4.00. The molecule has 9 heteroatoms. The smallest absolute Gasteiger partial charge is 0.407 e. The molecule has 1 amide bonds. The van der Waals surface area contributed by atoms with Crippen LogP contribution in [0.2, 0.25) is 0 Å². The molecule has 0 spiro atoms. The number of aromatic nitrogens is 2. The van der Waals surface area contributed by atoms with Gasteiger partial charge in [0.25, 0.3) is 0 Å². The van der Waals surface area contributed by atoms with Crippen LogP contribution >= 0.6 is 11.3 Å². The number of nitrogens with zero attached hydrogens (tertiary/aromatic N) is 3. The van der Waals surface area contributed by atoms with Crippen molar-refractivity contribution in [1.29, 1.82) is 0 Å². The summed E-state index contributed by atoms with van der Waals surface area (Å²) in [4.78, 5) is 21.9. The maximum atomic E-state index is 11.1. The van der Waals surface area contributed by atoms with Crippen LogP contribution < -0.4 is 15.4 Å². The van der Waals surface area contributed by atoms with E-state index in [4.69, 9.17) is 14.8 Å². The summed E-state index contributed by atoms with van der Waals surface area (Å²) in [6.45, 7) is 1.57. The average molecular weight is 438 g/mol. The summed E-state index contributed by atoms with van der Waals surface area (Å²) in [5, 5.41) is 18.9. The molecule has 1 aromatic carbocycles. The molecule has 2 aromatic heterocycles. The van der Waals surface area contributed by atoms with Gasteiger partial charge in [0, 0.05) is 24.7 Å². The van der Waals surface area contributed by atoms with Gasteiger partial charge in [-0.1, -0.05) is 18.2 Å². The molecule has 160 valence electrons. The highest BCUT2D eigenvalue weighted by Crippen LogP contribution is 2.37. The zero-order valence-corrected chi connectivity index (χ0v) is 17.6. The Hall–Kier alpha value is -3.33. The molecular formula is C22H23N5O3S. The molecule has 5 rings (SSSR count). The number of thiazole rings is 1. The minimum absolute atomic E-state index is 0.131. The molecule has 4 heterocycles. The van der Waals surface area contributed by atoms with Crippen LogP contribution in [0, 0.1) is 0 Å². The average Bonchev–Trinajstić information content (AvgIpc) is 3.45. The van der Waals surface area contributed by atoms with Gasteiger partial charge in [0.05, 0.1) is 11.4 Å². The minimum Gasteiger partial charge on any atom is -0.486 e. The first-order valence-electron chi connectivity index (χ1n) is 10.3. The summed E-state index contributed by atoms with van der Waals surface area (Å²) in [5.41, 5.74) is 3.01. The number of rotatable bonds is 5. The second-order valence-corrected chi connectivity index (χ2v) is 8.64. The number of piperidine rings is 1. The number of amides is 1. The molecule has 31 heavy (non-hydrogen) atoms. The zero-order chi connectivity index (χ0) is 21.2. The second kappa shape index (κ2) is 8.43. The van der Waals surface area contributed by atoms with Crippen molar-refractivity contribution in [1.82, 2.24) is 14.9 Å². The number of hydrogen-bond acceptors (Lipinski definition) is 7. The third-order valence-electron chi connectivity index (χ3n) is 5.70. The van der Waals surface area contributed by atoms with E-state index in [9.17, 15) is 4.79 Å². The van der Waals surface area contributed by atoms with Crippen LogP contribution in [0.5, 0.6) is 5.75 Å². The highest BCUT2D eigenvalue weighted by atomic mass is 32.1. The zero-order valence-electron chi connectivity index (χ0n) is 16.8. The number of ether oxygens (including phenoxy) is 1. The predicted octanol–water partition coefficient (Wildman–Crippen LogP) is 4.51. The Bertz CT molecular complexity index is 1070. The van der Waals surface area contributed by atoms with Crippen LogP contribution in [0.3, 0.4) is 0 Å². The number of carbonyl (C=O) groups is 1. The Morgan fingerprint density at radius 2 is 2.03 bits per heavy atom. The number of pyridine rings is 1. The van der Waals surface area contributed by atoms with Gasteiger partial charge in [-0.3, -0.25) is 0 Å². The number of fused-ring (bicyclic) bond motifs is 1. The summed E-state index contributed by atoms with van der Waals surface area (Å²) >= 11 is 1.57. The van der Waals surface area contributed by atoms with Crippen molar-refractivity contribution < 1.29 is 14.6 Å². The molecule has 8 nitrogen and oxygen atoms in total. The maximum absolute atomic E-state index is 11.1. The van der Waals surface area contributed by atoms with Gasteiger partial charge in [0.2, 0.25) is 0 Å². The lowest BCUT2D eigenvalue weighted by atomic mass is 9.90. The van der Waals surface area contributed by atoms with E-state index in [1.807, 2.05) is 41.9 Å². The monoisotopic (exact) mass is 437 g/mol. The molecule has 2 aliphatic rings. The van der Waals surface area contributed by atoms with Gasteiger partial charge >= 0.3 is 6.09 Å². The lowest BCUT2D eigenvalue weighted by Crippen LogP contribution is -2.36. The SMILES string of the molecule is O=C(O)N1CCC(c2cnc3c(c2)NC(c2csc(COc4ccccc4)n2)N3)CC1. The normalized spacial score (nSPS) is 18.2. The molecule has 0 radical (unpaired) electrons. The summed E-state index contributed by atoms with van der Waals surface area (Å²) in [5.74, 6) is 1.97. The van der Waals surface area contributed by atoms with Crippen molar-refractivity contribution in [2.24, 2.45) is 0 Å². The van der Waals surface area contributed by atoms with Crippen LogP contribution in [-0.4, -0.2) is 39.2 Å². The minimum atomic E-state index is -0.837. The molecule has 1 unspecified atom stereocenters. The number of hydrogen-bond donors (Lipinski definition) is 3. The number of benzene rings is 1. The molecule has 3 N–H and O–H groups in total. The van der Waals surface area contributed by atoms with Gasteiger partial charge in [-0.05, 0) is 42.5 Å². The van der Waals surface area contributed by atoms with Crippen LogP contribution in [0.25, 0.3) is 0 Å². The molecule has 1 fully saturated rings.